The van der Waals surface area contributed by atoms with Gasteiger partial charge in [0.15, 0.2) is 0 Å². The number of nitrogens with two attached hydrogens (primary N) is 1. The standard InChI is InChI=1S/C9H15N3S/c10-4-3-7-6-12-9(13-7)8-2-1-5-11-8/h6,8,11H,1-5,10H2. The minimum atomic E-state index is 0.511. The zero-order chi connectivity index (χ0) is 9.10. The quantitative estimate of drug-likeness (QED) is 0.762. The molecule has 0 aliphatic carbocycles. The van der Waals surface area contributed by atoms with E-state index in [0.717, 1.165) is 19.5 Å². The molecule has 3 N–H and O–H groups in total. The molecule has 4 heteroatoms. The minimum absolute atomic E-state index is 0.511. The average Bonchev–Trinajstić information content (AvgIpc) is 2.70. The summed E-state index contributed by atoms with van der Waals surface area (Å²) >= 11 is 1.80. The molecule has 2 heterocycles. The summed E-state index contributed by atoms with van der Waals surface area (Å²) < 4.78 is 0. The van der Waals surface area contributed by atoms with Crippen LogP contribution in [0, 0.1) is 0 Å². The van der Waals surface area contributed by atoms with Crippen LogP contribution in [-0.4, -0.2) is 18.1 Å². The molecule has 1 aromatic rings. The second kappa shape index (κ2) is 4.17. The first-order valence-corrected chi connectivity index (χ1v) is 5.60. The van der Waals surface area contributed by atoms with E-state index in [2.05, 4.69) is 10.3 Å². The van der Waals surface area contributed by atoms with Gasteiger partial charge in [0.05, 0.1) is 6.04 Å². The van der Waals surface area contributed by atoms with Crippen LogP contribution in [0.2, 0.25) is 0 Å². The predicted octanol–water partition coefficient (Wildman–Crippen LogP) is 1.07. The van der Waals surface area contributed by atoms with Crippen molar-refractivity contribution in [2.45, 2.75) is 25.3 Å². The predicted molar refractivity (Wildman–Crippen MR) is 54.9 cm³/mol. The van der Waals surface area contributed by atoms with Crippen molar-refractivity contribution in [1.29, 1.82) is 0 Å². The highest BCUT2D eigenvalue weighted by Crippen LogP contribution is 2.26. The van der Waals surface area contributed by atoms with Gasteiger partial charge in [-0.05, 0) is 32.4 Å². The van der Waals surface area contributed by atoms with Gasteiger partial charge in [-0.3, -0.25) is 0 Å². The van der Waals surface area contributed by atoms with Crippen molar-refractivity contribution < 1.29 is 0 Å². The molecule has 0 spiro atoms. The van der Waals surface area contributed by atoms with Crippen molar-refractivity contribution in [3.8, 4) is 0 Å². The first-order chi connectivity index (χ1) is 6.40. The summed E-state index contributed by atoms with van der Waals surface area (Å²) in [5, 5.41) is 4.68. The van der Waals surface area contributed by atoms with Crippen LogP contribution in [0.25, 0.3) is 0 Å². The first-order valence-electron chi connectivity index (χ1n) is 4.78. The van der Waals surface area contributed by atoms with Gasteiger partial charge in [0, 0.05) is 11.1 Å². The van der Waals surface area contributed by atoms with Crippen LogP contribution in [0.1, 0.15) is 28.8 Å². The van der Waals surface area contributed by atoms with E-state index in [-0.39, 0.29) is 0 Å². The van der Waals surface area contributed by atoms with Crippen LogP contribution in [0.5, 0.6) is 0 Å². The summed E-state index contributed by atoms with van der Waals surface area (Å²) in [7, 11) is 0. The van der Waals surface area contributed by atoms with Gasteiger partial charge in [-0.15, -0.1) is 11.3 Å². The van der Waals surface area contributed by atoms with Gasteiger partial charge in [-0.1, -0.05) is 0 Å². The van der Waals surface area contributed by atoms with Crippen LogP contribution >= 0.6 is 11.3 Å². The van der Waals surface area contributed by atoms with E-state index in [1.807, 2.05) is 6.20 Å². The highest BCUT2D eigenvalue weighted by molar-refractivity contribution is 7.11. The number of thiazole rings is 1. The van der Waals surface area contributed by atoms with Gasteiger partial charge in [-0.25, -0.2) is 4.98 Å². The third-order valence-electron chi connectivity index (χ3n) is 2.32. The van der Waals surface area contributed by atoms with Gasteiger partial charge in [-0.2, -0.15) is 0 Å². The summed E-state index contributed by atoms with van der Waals surface area (Å²) in [5.41, 5.74) is 5.49. The Morgan fingerprint density at radius 2 is 2.62 bits per heavy atom. The Kier molecular flexibility index (Phi) is 2.93. The molecule has 13 heavy (non-hydrogen) atoms. The van der Waals surface area contributed by atoms with Gasteiger partial charge in [0.2, 0.25) is 0 Å². The van der Waals surface area contributed by atoms with Crippen LogP contribution in [-0.2, 0) is 6.42 Å². The molecule has 1 atom stereocenters. The van der Waals surface area contributed by atoms with E-state index in [9.17, 15) is 0 Å². The SMILES string of the molecule is NCCc1cnc(C2CCCN2)s1. The Bertz CT molecular complexity index is 266. The topological polar surface area (TPSA) is 50.9 Å². The first kappa shape index (κ1) is 9.12. The highest BCUT2D eigenvalue weighted by Gasteiger charge is 2.18. The lowest BCUT2D eigenvalue weighted by Gasteiger charge is -2.03. The fourth-order valence-electron chi connectivity index (χ4n) is 1.64. The zero-order valence-corrected chi connectivity index (χ0v) is 8.44. The molecule has 0 amide bonds. The van der Waals surface area contributed by atoms with Crippen LogP contribution in [0.15, 0.2) is 6.20 Å². The number of nitrogens with zero attached hydrogens (tertiary/aromatic N) is 1. The van der Waals surface area contributed by atoms with E-state index in [1.165, 1.54) is 22.7 Å². The van der Waals surface area contributed by atoms with Gasteiger partial charge in [0.25, 0.3) is 0 Å². The molecular weight excluding hydrogens is 182 g/mol. The lowest BCUT2D eigenvalue weighted by Crippen LogP contribution is -2.12. The Morgan fingerprint density at radius 1 is 1.69 bits per heavy atom. The van der Waals surface area contributed by atoms with Crippen molar-refractivity contribution in [2.75, 3.05) is 13.1 Å². The number of hydrogen-bond donors (Lipinski definition) is 2. The summed E-state index contributed by atoms with van der Waals surface area (Å²) in [6.45, 7) is 1.86. The summed E-state index contributed by atoms with van der Waals surface area (Å²) in [6.07, 6.45) is 5.43. The van der Waals surface area contributed by atoms with Gasteiger partial charge in [0.1, 0.15) is 5.01 Å². The number of aromatic nitrogens is 1. The largest absolute Gasteiger partial charge is 0.330 e. The van der Waals surface area contributed by atoms with Crippen molar-refractivity contribution in [1.82, 2.24) is 10.3 Å². The second-order valence-electron chi connectivity index (χ2n) is 3.35. The molecule has 72 valence electrons. The minimum Gasteiger partial charge on any atom is -0.330 e. The lowest BCUT2D eigenvalue weighted by molar-refractivity contribution is 0.643. The maximum Gasteiger partial charge on any atom is 0.110 e. The molecule has 1 fully saturated rings. The molecule has 3 nitrogen and oxygen atoms in total. The highest BCUT2D eigenvalue weighted by atomic mass is 32.1. The van der Waals surface area contributed by atoms with Gasteiger partial charge < -0.3 is 11.1 Å². The van der Waals surface area contributed by atoms with Crippen molar-refractivity contribution in [2.24, 2.45) is 5.73 Å². The van der Waals surface area contributed by atoms with Crippen LogP contribution in [0.3, 0.4) is 0 Å². The normalized spacial score (nSPS) is 22.4. The Labute approximate surface area is 82.4 Å². The molecule has 1 saturated heterocycles. The smallest absolute Gasteiger partial charge is 0.110 e. The second-order valence-corrected chi connectivity index (χ2v) is 4.50. The summed E-state index contributed by atoms with van der Waals surface area (Å²) in [4.78, 5) is 5.73. The molecule has 1 aromatic heterocycles. The van der Waals surface area contributed by atoms with Crippen molar-refractivity contribution >= 4 is 11.3 Å². The molecule has 1 aliphatic rings. The molecule has 1 aliphatic heterocycles. The number of rotatable bonds is 3. The fourth-order valence-corrected chi connectivity index (χ4v) is 2.68. The monoisotopic (exact) mass is 197 g/mol. The van der Waals surface area contributed by atoms with Crippen molar-refractivity contribution in [3.05, 3.63) is 16.1 Å². The Balaban J connectivity index is 2.03. The maximum absolute atomic E-state index is 5.49. The van der Waals surface area contributed by atoms with E-state index >= 15 is 0 Å². The van der Waals surface area contributed by atoms with Gasteiger partial charge >= 0.3 is 0 Å². The van der Waals surface area contributed by atoms with E-state index in [0.29, 0.717) is 6.04 Å². The van der Waals surface area contributed by atoms with E-state index < -0.39 is 0 Å². The molecule has 2 rings (SSSR count). The summed E-state index contributed by atoms with van der Waals surface area (Å²) in [6, 6.07) is 0.511. The summed E-state index contributed by atoms with van der Waals surface area (Å²) in [5.74, 6) is 0. The molecule has 1 unspecified atom stereocenters. The maximum atomic E-state index is 5.49. The Morgan fingerprint density at radius 3 is 3.31 bits per heavy atom. The third kappa shape index (κ3) is 2.07. The molecular formula is C9H15N3S. The molecule has 0 aromatic carbocycles. The lowest BCUT2D eigenvalue weighted by atomic mass is 10.2. The molecule has 0 bridgehead atoms. The fraction of sp³-hybridized carbons (Fsp3) is 0.667. The molecule has 0 radical (unpaired) electrons. The van der Waals surface area contributed by atoms with Crippen LogP contribution < -0.4 is 11.1 Å². The number of nitrogens with one attached hydrogen (secondary N) is 1. The average molecular weight is 197 g/mol. The zero-order valence-electron chi connectivity index (χ0n) is 7.62. The molecule has 0 saturated carbocycles. The third-order valence-corrected chi connectivity index (χ3v) is 3.49. The number of hydrogen-bond acceptors (Lipinski definition) is 4. The van der Waals surface area contributed by atoms with Crippen molar-refractivity contribution in [3.63, 3.8) is 0 Å². The van der Waals surface area contributed by atoms with Crippen LogP contribution in [0.4, 0.5) is 0 Å². The Hall–Kier alpha value is -0.450. The van der Waals surface area contributed by atoms with E-state index in [4.69, 9.17) is 5.73 Å². The van der Waals surface area contributed by atoms with E-state index in [1.54, 1.807) is 11.3 Å².